The van der Waals surface area contributed by atoms with E-state index in [4.69, 9.17) is 10.5 Å². The molecule has 0 aliphatic heterocycles. The van der Waals surface area contributed by atoms with Gasteiger partial charge >= 0.3 is 0 Å². The van der Waals surface area contributed by atoms with Crippen LogP contribution in [0.4, 0.5) is 0 Å². The van der Waals surface area contributed by atoms with Crippen molar-refractivity contribution in [1.29, 1.82) is 0 Å². The molecule has 0 unspecified atom stereocenters. The van der Waals surface area contributed by atoms with E-state index in [1.807, 2.05) is 19.1 Å². The molecule has 0 heterocycles. The van der Waals surface area contributed by atoms with Gasteiger partial charge in [0.05, 0.1) is 7.11 Å². The Bertz CT molecular complexity index is 392. The molecule has 0 radical (unpaired) electrons. The SMILES string of the molecule is COc1ccc(C2(CN)CCC2)c(O)c1C. The number of benzene rings is 1. The van der Waals surface area contributed by atoms with Gasteiger partial charge in [-0.05, 0) is 25.8 Å². The first kappa shape index (κ1) is 11.3. The van der Waals surface area contributed by atoms with Crippen LogP contribution in [0.3, 0.4) is 0 Å². The number of hydrogen-bond acceptors (Lipinski definition) is 3. The normalized spacial score (nSPS) is 17.9. The molecule has 1 aliphatic carbocycles. The largest absolute Gasteiger partial charge is 0.507 e. The zero-order valence-electron chi connectivity index (χ0n) is 9.92. The third kappa shape index (κ3) is 1.47. The first-order valence-corrected chi connectivity index (χ1v) is 5.72. The van der Waals surface area contributed by atoms with E-state index in [9.17, 15) is 5.11 Å². The van der Waals surface area contributed by atoms with Crippen molar-refractivity contribution in [3.05, 3.63) is 23.3 Å². The maximum absolute atomic E-state index is 10.2. The van der Waals surface area contributed by atoms with Gasteiger partial charge in [0.2, 0.25) is 0 Å². The smallest absolute Gasteiger partial charge is 0.125 e. The van der Waals surface area contributed by atoms with Crippen molar-refractivity contribution in [3.8, 4) is 11.5 Å². The molecule has 1 aromatic carbocycles. The summed E-state index contributed by atoms with van der Waals surface area (Å²) in [6.07, 6.45) is 3.34. The average Bonchev–Trinajstić information content (AvgIpc) is 2.23. The van der Waals surface area contributed by atoms with Gasteiger partial charge in [-0.2, -0.15) is 0 Å². The van der Waals surface area contributed by atoms with Gasteiger partial charge in [0.1, 0.15) is 11.5 Å². The second-order valence-electron chi connectivity index (χ2n) is 4.63. The van der Waals surface area contributed by atoms with Crippen LogP contribution in [0, 0.1) is 6.92 Å². The van der Waals surface area contributed by atoms with Crippen molar-refractivity contribution in [2.45, 2.75) is 31.6 Å². The van der Waals surface area contributed by atoms with E-state index in [0.717, 1.165) is 29.7 Å². The van der Waals surface area contributed by atoms with Gasteiger partial charge in [-0.25, -0.2) is 0 Å². The molecule has 1 saturated carbocycles. The van der Waals surface area contributed by atoms with Gasteiger partial charge in [0, 0.05) is 23.1 Å². The summed E-state index contributed by atoms with van der Waals surface area (Å²) in [5, 5.41) is 10.2. The van der Waals surface area contributed by atoms with E-state index in [2.05, 4.69) is 0 Å². The van der Waals surface area contributed by atoms with Crippen LogP contribution in [-0.4, -0.2) is 18.8 Å². The molecule has 0 bridgehead atoms. The molecular formula is C13H19NO2. The number of rotatable bonds is 3. The van der Waals surface area contributed by atoms with Crippen LogP contribution in [-0.2, 0) is 5.41 Å². The van der Waals surface area contributed by atoms with Crippen LogP contribution in [0.2, 0.25) is 0 Å². The summed E-state index contributed by atoms with van der Waals surface area (Å²) in [6, 6.07) is 3.87. The molecule has 3 nitrogen and oxygen atoms in total. The average molecular weight is 221 g/mol. The predicted octanol–water partition coefficient (Wildman–Crippen LogP) is 2.09. The number of phenolic OH excluding ortho intramolecular Hbond substituents is 1. The Labute approximate surface area is 96.2 Å². The molecule has 3 N–H and O–H groups in total. The van der Waals surface area contributed by atoms with Crippen molar-refractivity contribution in [2.75, 3.05) is 13.7 Å². The molecule has 0 amide bonds. The third-order valence-electron chi connectivity index (χ3n) is 3.87. The van der Waals surface area contributed by atoms with E-state index in [-0.39, 0.29) is 5.41 Å². The summed E-state index contributed by atoms with van der Waals surface area (Å²) in [5.74, 6) is 1.08. The Hall–Kier alpha value is -1.22. The van der Waals surface area contributed by atoms with Gasteiger partial charge in [-0.1, -0.05) is 12.5 Å². The van der Waals surface area contributed by atoms with Gasteiger partial charge in [0.25, 0.3) is 0 Å². The Kier molecular flexibility index (Phi) is 2.80. The second kappa shape index (κ2) is 3.98. The molecule has 1 aromatic rings. The van der Waals surface area contributed by atoms with E-state index in [0.29, 0.717) is 12.3 Å². The minimum absolute atomic E-state index is 0.00111. The number of ether oxygens (including phenoxy) is 1. The molecule has 0 saturated heterocycles. The highest BCUT2D eigenvalue weighted by molar-refractivity contribution is 5.52. The number of nitrogens with two attached hydrogens (primary N) is 1. The topological polar surface area (TPSA) is 55.5 Å². The van der Waals surface area contributed by atoms with Crippen molar-refractivity contribution < 1.29 is 9.84 Å². The van der Waals surface area contributed by atoms with Gasteiger partial charge in [0.15, 0.2) is 0 Å². The summed E-state index contributed by atoms with van der Waals surface area (Å²) >= 11 is 0. The summed E-state index contributed by atoms with van der Waals surface area (Å²) in [6.45, 7) is 2.48. The van der Waals surface area contributed by atoms with Gasteiger partial charge in [-0.15, -0.1) is 0 Å². The number of aromatic hydroxyl groups is 1. The fourth-order valence-electron chi connectivity index (χ4n) is 2.52. The van der Waals surface area contributed by atoms with E-state index in [1.165, 1.54) is 6.42 Å². The van der Waals surface area contributed by atoms with Crippen LogP contribution < -0.4 is 10.5 Å². The Balaban J connectivity index is 2.46. The monoisotopic (exact) mass is 221 g/mol. The van der Waals surface area contributed by atoms with Gasteiger partial charge in [-0.3, -0.25) is 0 Å². The van der Waals surface area contributed by atoms with Crippen LogP contribution in [0.25, 0.3) is 0 Å². The third-order valence-corrected chi connectivity index (χ3v) is 3.87. The van der Waals surface area contributed by atoms with Crippen LogP contribution in [0.15, 0.2) is 12.1 Å². The standard InChI is InChI=1S/C13H19NO2/c1-9-11(16-2)5-4-10(12(9)15)13(8-14)6-3-7-13/h4-5,15H,3,6-8,14H2,1-2H3. The van der Waals surface area contributed by atoms with Crippen LogP contribution in [0.5, 0.6) is 11.5 Å². The molecular weight excluding hydrogens is 202 g/mol. The van der Waals surface area contributed by atoms with E-state index < -0.39 is 0 Å². The highest BCUT2D eigenvalue weighted by atomic mass is 16.5. The quantitative estimate of drug-likeness (QED) is 0.821. The number of methoxy groups -OCH3 is 1. The molecule has 1 aliphatic rings. The Morgan fingerprint density at radius 2 is 2.12 bits per heavy atom. The van der Waals surface area contributed by atoms with Crippen molar-refractivity contribution in [2.24, 2.45) is 5.73 Å². The molecule has 88 valence electrons. The lowest BCUT2D eigenvalue weighted by molar-refractivity contribution is 0.244. The lowest BCUT2D eigenvalue weighted by atomic mass is 9.64. The Morgan fingerprint density at radius 3 is 2.56 bits per heavy atom. The summed E-state index contributed by atoms with van der Waals surface area (Å²) < 4.78 is 5.19. The fraction of sp³-hybridized carbons (Fsp3) is 0.538. The molecule has 1 fully saturated rings. The lowest BCUT2D eigenvalue weighted by Gasteiger charge is -2.42. The zero-order valence-corrected chi connectivity index (χ0v) is 9.92. The fourth-order valence-corrected chi connectivity index (χ4v) is 2.52. The Morgan fingerprint density at radius 1 is 1.44 bits per heavy atom. The summed E-state index contributed by atoms with van der Waals surface area (Å²) in [5.41, 5.74) is 7.64. The van der Waals surface area contributed by atoms with Gasteiger partial charge < -0.3 is 15.6 Å². The maximum Gasteiger partial charge on any atom is 0.125 e. The summed E-state index contributed by atoms with van der Waals surface area (Å²) in [7, 11) is 1.61. The van der Waals surface area contributed by atoms with Crippen molar-refractivity contribution in [1.82, 2.24) is 0 Å². The number of hydrogen-bond donors (Lipinski definition) is 2. The van der Waals surface area contributed by atoms with E-state index >= 15 is 0 Å². The van der Waals surface area contributed by atoms with Crippen molar-refractivity contribution >= 4 is 0 Å². The molecule has 2 rings (SSSR count). The molecule has 3 heteroatoms. The van der Waals surface area contributed by atoms with E-state index in [1.54, 1.807) is 7.11 Å². The van der Waals surface area contributed by atoms with Crippen molar-refractivity contribution in [3.63, 3.8) is 0 Å². The second-order valence-corrected chi connectivity index (χ2v) is 4.63. The molecule has 0 aromatic heterocycles. The minimum atomic E-state index is 0.00111. The summed E-state index contributed by atoms with van der Waals surface area (Å²) in [4.78, 5) is 0. The minimum Gasteiger partial charge on any atom is -0.507 e. The molecule has 16 heavy (non-hydrogen) atoms. The highest BCUT2D eigenvalue weighted by Gasteiger charge is 2.39. The van der Waals surface area contributed by atoms with Crippen LogP contribution in [0.1, 0.15) is 30.4 Å². The first-order valence-electron chi connectivity index (χ1n) is 5.72. The zero-order chi connectivity index (χ0) is 11.8. The lowest BCUT2D eigenvalue weighted by Crippen LogP contribution is -2.41. The molecule has 0 spiro atoms. The maximum atomic E-state index is 10.2. The van der Waals surface area contributed by atoms with Crippen LogP contribution >= 0.6 is 0 Å². The first-order chi connectivity index (χ1) is 7.64. The highest BCUT2D eigenvalue weighted by Crippen LogP contribution is 2.48. The molecule has 0 atom stereocenters. The predicted molar refractivity (Wildman–Crippen MR) is 64.0 cm³/mol. The number of phenols is 1.